The Labute approximate surface area is 122 Å². The van der Waals surface area contributed by atoms with Crippen molar-refractivity contribution in [1.29, 1.82) is 0 Å². The predicted octanol–water partition coefficient (Wildman–Crippen LogP) is 2.66. The molecule has 0 aliphatic rings. The maximum absolute atomic E-state index is 11.4. The van der Waals surface area contributed by atoms with Gasteiger partial charge in [0.1, 0.15) is 11.0 Å². The first-order chi connectivity index (χ1) is 9.15. The molecule has 1 aromatic rings. The van der Waals surface area contributed by atoms with Crippen LogP contribution in [0.15, 0.2) is 12.1 Å². The van der Waals surface area contributed by atoms with Crippen molar-refractivity contribution in [2.24, 2.45) is 0 Å². The van der Waals surface area contributed by atoms with Gasteiger partial charge in [-0.25, -0.2) is 4.21 Å². The third-order valence-corrected chi connectivity index (χ3v) is 3.23. The summed E-state index contributed by atoms with van der Waals surface area (Å²) in [6.45, 7) is 7.64. The molecule has 20 heavy (non-hydrogen) atoms. The topological polar surface area (TPSA) is 67.4 Å². The van der Waals surface area contributed by atoms with Gasteiger partial charge in [-0.1, -0.05) is 20.8 Å². The summed E-state index contributed by atoms with van der Waals surface area (Å²) in [6.07, 6.45) is 1.54. The summed E-state index contributed by atoms with van der Waals surface area (Å²) in [6, 6.07) is 3.77. The van der Waals surface area contributed by atoms with Crippen LogP contribution < -0.4 is 14.8 Å². The Balaban J connectivity index is 3.46. The maximum atomic E-state index is 11.4. The summed E-state index contributed by atoms with van der Waals surface area (Å²) in [5.74, 6) is 0.293. The van der Waals surface area contributed by atoms with Crippen LogP contribution in [0.4, 0.5) is 11.4 Å². The van der Waals surface area contributed by atoms with E-state index >= 15 is 0 Å². The second kappa shape index (κ2) is 6.26. The molecule has 5 nitrogen and oxygen atoms in total. The lowest BCUT2D eigenvalue weighted by atomic mass is 9.86. The van der Waals surface area contributed by atoms with Gasteiger partial charge in [-0.3, -0.25) is 4.79 Å². The number of nitrogens with one attached hydrogen (secondary N) is 2. The summed E-state index contributed by atoms with van der Waals surface area (Å²) >= 11 is 0. The number of carbonyl (C=O) groups excluding carboxylic acids is 1. The third kappa shape index (κ3) is 4.23. The number of amides is 1. The second-order valence-electron chi connectivity index (χ2n) is 5.59. The number of hydrogen-bond acceptors (Lipinski definition) is 3. The van der Waals surface area contributed by atoms with Crippen molar-refractivity contribution in [3.8, 4) is 5.75 Å². The van der Waals surface area contributed by atoms with Crippen molar-refractivity contribution in [1.82, 2.24) is 0 Å². The lowest BCUT2D eigenvalue weighted by Gasteiger charge is -2.23. The Morgan fingerprint density at radius 1 is 1.25 bits per heavy atom. The fourth-order valence-corrected chi connectivity index (χ4v) is 2.26. The molecule has 0 fully saturated rings. The Kier molecular flexibility index (Phi) is 5.16. The van der Waals surface area contributed by atoms with Crippen LogP contribution in [-0.4, -0.2) is 23.5 Å². The van der Waals surface area contributed by atoms with Gasteiger partial charge in [0.2, 0.25) is 5.91 Å². The van der Waals surface area contributed by atoms with Crippen molar-refractivity contribution >= 4 is 28.3 Å². The van der Waals surface area contributed by atoms with E-state index in [-0.39, 0.29) is 11.3 Å². The van der Waals surface area contributed by atoms with Gasteiger partial charge in [-0.2, -0.15) is 0 Å². The van der Waals surface area contributed by atoms with Crippen molar-refractivity contribution in [2.45, 2.75) is 33.1 Å². The monoisotopic (exact) mass is 298 g/mol. The molecule has 0 spiro atoms. The first kappa shape index (κ1) is 16.5. The average Bonchev–Trinajstić information content (AvgIpc) is 2.25. The molecule has 1 unspecified atom stereocenters. The molecule has 0 saturated heterocycles. The van der Waals surface area contributed by atoms with E-state index in [9.17, 15) is 9.00 Å². The summed E-state index contributed by atoms with van der Waals surface area (Å²) in [7, 11) is 0.288. The smallest absolute Gasteiger partial charge is 0.221 e. The van der Waals surface area contributed by atoms with Crippen LogP contribution in [0.3, 0.4) is 0 Å². The van der Waals surface area contributed by atoms with Gasteiger partial charge in [-0.05, 0) is 23.1 Å². The minimum Gasteiger partial charge on any atom is -0.492 e. The van der Waals surface area contributed by atoms with Crippen molar-refractivity contribution < 1.29 is 13.7 Å². The van der Waals surface area contributed by atoms with E-state index in [1.54, 1.807) is 6.26 Å². The van der Waals surface area contributed by atoms with Crippen LogP contribution in [0.2, 0.25) is 0 Å². The first-order valence-electron chi connectivity index (χ1n) is 6.25. The van der Waals surface area contributed by atoms with Crippen molar-refractivity contribution in [3.05, 3.63) is 17.7 Å². The van der Waals surface area contributed by atoms with E-state index in [1.165, 1.54) is 14.0 Å². The normalized spacial score (nSPS) is 12.7. The molecule has 1 amide bonds. The number of benzene rings is 1. The van der Waals surface area contributed by atoms with E-state index < -0.39 is 11.0 Å². The minimum atomic E-state index is -1.23. The highest BCUT2D eigenvalue weighted by atomic mass is 32.2. The SMILES string of the molecule is COc1c(NC(C)=O)cc(C(C)(C)C)cc1NS(C)=O. The molecule has 1 atom stereocenters. The van der Waals surface area contributed by atoms with E-state index in [4.69, 9.17) is 4.74 Å². The lowest BCUT2D eigenvalue weighted by molar-refractivity contribution is -0.114. The standard InChI is InChI=1S/C14H22N2O3S/c1-9(17)15-11-7-10(14(2,3)4)8-12(13(11)19-5)16-20(6)18/h7-8,16H,1-6H3,(H,15,17). The summed E-state index contributed by atoms with van der Waals surface area (Å²) in [5.41, 5.74) is 2.07. The highest BCUT2D eigenvalue weighted by Crippen LogP contribution is 2.38. The van der Waals surface area contributed by atoms with Crippen LogP contribution in [0.25, 0.3) is 0 Å². The number of methoxy groups -OCH3 is 1. The van der Waals surface area contributed by atoms with E-state index in [2.05, 4.69) is 30.8 Å². The van der Waals surface area contributed by atoms with E-state index in [0.29, 0.717) is 17.1 Å². The summed E-state index contributed by atoms with van der Waals surface area (Å²) in [5, 5.41) is 2.75. The maximum Gasteiger partial charge on any atom is 0.221 e. The third-order valence-electron chi connectivity index (χ3n) is 2.72. The van der Waals surface area contributed by atoms with Gasteiger partial charge in [0.05, 0.1) is 18.5 Å². The van der Waals surface area contributed by atoms with Gasteiger partial charge in [0, 0.05) is 13.2 Å². The van der Waals surface area contributed by atoms with Crippen LogP contribution in [0, 0.1) is 0 Å². The quantitative estimate of drug-likeness (QED) is 0.898. The highest BCUT2D eigenvalue weighted by molar-refractivity contribution is 7.85. The zero-order valence-corrected chi connectivity index (χ0v) is 13.6. The number of carbonyl (C=O) groups is 1. The average molecular weight is 298 g/mol. The van der Waals surface area contributed by atoms with Gasteiger partial charge in [0.15, 0.2) is 5.75 Å². The zero-order chi connectivity index (χ0) is 15.5. The molecule has 1 rings (SSSR count). The Morgan fingerprint density at radius 2 is 1.80 bits per heavy atom. The molecule has 0 heterocycles. The predicted molar refractivity (Wildman–Crippen MR) is 83.7 cm³/mol. The number of anilines is 2. The fraction of sp³-hybridized carbons (Fsp3) is 0.500. The molecule has 2 N–H and O–H groups in total. The zero-order valence-electron chi connectivity index (χ0n) is 12.8. The molecule has 112 valence electrons. The number of hydrogen-bond donors (Lipinski definition) is 2. The fourth-order valence-electron chi connectivity index (χ4n) is 1.79. The largest absolute Gasteiger partial charge is 0.492 e. The van der Waals surface area contributed by atoms with Crippen molar-refractivity contribution in [2.75, 3.05) is 23.4 Å². The number of rotatable bonds is 4. The van der Waals surface area contributed by atoms with Crippen LogP contribution in [-0.2, 0) is 21.2 Å². The van der Waals surface area contributed by atoms with E-state index in [0.717, 1.165) is 5.56 Å². The Bertz CT molecular complexity index is 499. The Morgan fingerprint density at radius 3 is 2.20 bits per heavy atom. The molecule has 0 bridgehead atoms. The van der Waals surface area contributed by atoms with Gasteiger partial charge in [0.25, 0.3) is 0 Å². The Hall–Kier alpha value is -1.56. The van der Waals surface area contributed by atoms with Crippen LogP contribution in [0.1, 0.15) is 33.3 Å². The summed E-state index contributed by atoms with van der Waals surface area (Å²) in [4.78, 5) is 11.3. The van der Waals surface area contributed by atoms with Crippen LogP contribution in [0.5, 0.6) is 5.75 Å². The van der Waals surface area contributed by atoms with Gasteiger partial charge >= 0.3 is 0 Å². The molecule has 0 aliphatic carbocycles. The molecular weight excluding hydrogens is 276 g/mol. The molecule has 6 heteroatoms. The van der Waals surface area contributed by atoms with Crippen molar-refractivity contribution in [3.63, 3.8) is 0 Å². The molecule has 0 aromatic heterocycles. The molecule has 1 aromatic carbocycles. The lowest BCUT2D eigenvalue weighted by Crippen LogP contribution is -2.15. The van der Waals surface area contributed by atoms with Gasteiger partial charge in [-0.15, -0.1) is 0 Å². The highest BCUT2D eigenvalue weighted by Gasteiger charge is 2.20. The molecule has 0 radical (unpaired) electrons. The molecular formula is C14H22N2O3S. The van der Waals surface area contributed by atoms with E-state index in [1.807, 2.05) is 12.1 Å². The summed E-state index contributed by atoms with van der Waals surface area (Å²) < 4.78 is 19.6. The van der Waals surface area contributed by atoms with Gasteiger partial charge < -0.3 is 14.8 Å². The molecule has 0 saturated carbocycles. The first-order valence-corrected chi connectivity index (χ1v) is 7.81. The minimum absolute atomic E-state index is 0.106. The second-order valence-corrected chi connectivity index (χ2v) is 6.70. The van der Waals surface area contributed by atoms with Crippen LogP contribution >= 0.6 is 0 Å². The number of ether oxygens (including phenoxy) is 1. The molecule has 0 aliphatic heterocycles.